The third kappa shape index (κ3) is 2.35. The van der Waals surface area contributed by atoms with Crippen LogP contribution in [0.2, 0.25) is 0 Å². The summed E-state index contributed by atoms with van der Waals surface area (Å²) in [6.07, 6.45) is 9.37. The summed E-state index contributed by atoms with van der Waals surface area (Å²) in [6.45, 7) is 0. The van der Waals surface area contributed by atoms with Crippen LogP contribution < -0.4 is 5.32 Å². The molecule has 0 aromatic carbocycles. The number of nitrogens with one attached hydrogen (secondary N) is 1. The second kappa shape index (κ2) is 4.80. The molecule has 1 amide bonds. The van der Waals surface area contributed by atoms with Crippen molar-refractivity contribution in [1.29, 1.82) is 0 Å². The largest absolute Gasteiger partial charge is 0.346 e. The molecular formula is C15H17BrN4O. The maximum absolute atomic E-state index is 12.3. The van der Waals surface area contributed by atoms with Crippen LogP contribution in [-0.4, -0.2) is 26.5 Å². The molecule has 1 spiro atoms. The molecule has 6 heteroatoms. The Morgan fingerprint density at radius 3 is 2.95 bits per heavy atom. The third-order valence-electron chi connectivity index (χ3n) is 4.84. The molecule has 21 heavy (non-hydrogen) atoms. The number of carbonyl (C=O) groups excluding carboxylic acids is 1. The molecule has 1 unspecified atom stereocenters. The molecule has 2 aliphatic carbocycles. The molecule has 2 heterocycles. The Hall–Kier alpha value is -1.43. The van der Waals surface area contributed by atoms with Crippen molar-refractivity contribution >= 4 is 27.5 Å². The Labute approximate surface area is 131 Å². The number of pyridine rings is 1. The van der Waals surface area contributed by atoms with E-state index in [4.69, 9.17) is 0 Å². The van der Waals surface area contributed by atoms with Gasteiger partial charge in [-0.05, 0) is 52.7 Å². The molecule has 1 atom stereocenters. The zero-order chi connectivity index (χ0) is 14.4. The average molecular weight is 349 g/mol. The van der Waals surface area contributed by atoms with Crippen molar-refractivity contribution in [3.8, 4) is 0 Å². The highest BCUT2D eigenvalue weighted by Crippen LogP contribution is 2.56. The minimum absolute atomic E-state index is 0.151. The van der Waals surface area contributed by atoms with Crippen molar-refractivity contribution < 1.29 is 4.79 Å². The predicted molar refractivity (Wildman–Crippen MR) is 82.1 cm³/mol. The van der Waals surface area contributed by atoms with Gasteiger partial charge in [-0.3, -0.25) is 4.79 Å². The molecule has 0 aliphatic heterocycles. The van der Waals surface area contributed by atoms with Gasteiger partial charge in [-0.1, -0.05) is 19.3 Å². The number of aromatic nitrogens is 3. The number of fused-ring (bicyclic) bond motifs is 1. The van der Waals surface area contributed by atoms with E-state index < -0.39 is 0 Å². The third-order valence-corrected chi connectivity index (χ3v) is 5.31. The quantitative estimate of drug-likeness (QED) is 0.907. The van der Waals surface area contributed by atoms with E-state index in [0.717, 1.165) is 10.9 Å². The van der Waals surface area contributed by atoms with E-state index in [1.807, 2.05) is 12.1 Å². The van der Waals surface area contributed by atoms with Gasteiger partial charge in [0.2, 0.25) is 5.82 Å². The highest BCUT2D eigenvalue weighted by Gasteiger charge is 2.54. The van der Waals surface area contributed by atoms with Gasteiger partial charge in [0.1, 0.15) is 0 Å². The zero-order valence-electron chi connectivity index (χ0n) is 11.7. The second-order valence-corrected chi connectivity index (χ2v) is 7.15. The maximum atomic E-state index is 12.3. The molecule has 5 nitrogen and oxygen atoms in total. The van der Waals surface area contributed by atoms with Crippen LogP contribution >= 0.6 is 15.9 Å². The molecule has 2 fully saturated rings. The fourth-order valence-electron chi connectivity index (χ4n) is 3.54. The minimum Gasteiger partial charge on any atom is -0.346 e. The predicted octanol–water partition coefficient (Wildman–Crippen LogP) is 2.94. The lowest BCUT2D eigenvalue weighted by molar-refractivity contribution is 0.0932. The van der Waals surface area contributed by atoms with Crippen LogP contribution in [0.5, 0.6) is 0 Å². The van der Waals surface area contributed by atoms with Gasteiger partial charge in [0, 0.05) is 16.7 Å². The van der Waals surface area contributed by atoms with Crippen LogP contribution in [0.4, 0.5) is 0 Å². The lowest BCUT2D eigenvalue weighted by Gasteiger charge is -2.22. The molecule has 1 N–H and O–H groups in total. The van der Waals surface area contributed by atoms with Crippen LogP contribution in [0.1, 0.15) is 49.1 Å². The average Bonchev–Trinajstić information content (AvgIpc) is 2.95. The van der Waals surface area contributed by atoms with E-state index >= 15 is 0 Å². The van der Waals surface area contributed by atoms with Crippen LogP contribution in [0.3, 0.4) is 0 Å². The van der Waals surface area contributed by atoms with Crippen LogP contribution in [-0.2, 0) is 0 Å². The number of halogens is 1. The number of rotatable bonds is 2. The van der Waals surface area contributed by atoms with Gasteiger partial charge in [0.05, 0.1) is 0 Å². The lowest BCUT2D eigenvalue weighted by atomic mass is 9.86. The van der Waals surface area contributed by atoms with Crippen molar-refractivity contribution in [3.63, 3.8) is 0 Å². The highest BCUT2D eigenvalue weighted by atomic mass is 79.9. The Balaban J connectivity index is 1.49. The van der Waals surface area contributed by atoms with Crippen molar-refractivity contribution in [2.75, 3.05) is 0 Å². The number of hydrogen-bond donors (Lipinski definition) is 1. The molecule has 110 valence electrons. The molecule has 4 rings (SSSR count). The monoisotopic (exact) mass is 348 g/mol. The molecule has 0 radical (unpaired) electrons. The van der Waals surface area contributed by atoms with Gasteiger partial charge in [-0.2, -0.15) is 0 Å². The van der Waals surface area contributed by atoms with Crippen LogP contribution in [0.15, 0.2) is 22.8 Å². The summed E-state index contributed by atoms with van der Waals surface area (Å²) in [7, 11) is 0. The van der Waals surface area contributed by atoms with Gasteiger partial charge >= 0.3 is 0 Å². The van der Waals surface area contributed by atoms with Gasteiger partial charge in [-0.15, -0.1) is 5.10 Å². The summed E-state index contributed by atoms with van der Waals surface area (Å²) in [6, 6.07) is 4.06. The standard InChI is InChI=1S/C15H17BrN4O/c16-10-4-5-12-18-13(19-20(12)9-10)14(21)17-11-8-15(11)6-2-1-3-7-15/h4-5,9,11H,1-3,6-8H2,(H,17,21). The molecule has 0 saturated heterocycles. The van der Waals surface area contributed by atoms with Crippen molar-refractivity contribution in [2.45, 2.75) is 44.6 Å². The lowest BCUT2D eigenvalue weighted by Crippen LogP contribution is -2.31. The SMILES string of the molecule is O=C(NC1CC12CCCCC2)c1nc2ccc(Br)cn2n1. The van der Waals surface area contributed by atoms with E-state index in [2.05, 4.69) is 31.3 Å². The fraction of sp³-hybridized carbons (Fsp3) is 0.533. The minimum atomic E-state index is -0.151. The van der Waals surface area contributed by atoms with Crippen molar-refractivity contribution in [3.05, 3.63) is 28.6 Å². The maximum Gasteiger partial charge on any atom is 0.291 e. The van der Waals surface area contributed by atoms with Crippen molar-refractivity contribution in [2.24, 2.45) is 5.41 Å². The van der Waals surface area contributed by atoms with Gasteiger partial charge in [0.25, 0.3) is 5.91 Å². The van der Waals surface area contributed by atoms with E-state index in [-0.39, 0.29) is 11.7 Å². The Kier molecular flexibility index (Phi) is 3.03. The molecule has 2 aromatic heterocycles. The van der Waals surface area contributed by atoms with E-state index in [0.29, 0.717) is 17.1 Å². The number of carbonyl (C=O) groups is 1. The van der Waals surface area contributed by atoms with Gasteiger partial charge < -0.3 is 5.32 Å². The summed E-state index contributed by atoms with van der Waals surface area (Å²) in [5, 5.41) is 7.37. The number of nitrogens with zero attached hydrogens (tertiary/aromatic N) is 3. The van der Waals surface area contributed by atoms with E-state index in [9.17, 15) is 4.79 Å². The molecule has 0 bridgehead atoms. The Morgan fingerprint density at radius 1 is 1.33 bits per heavy atom. The van der Waals surface area contributed by atoms with Gasteiger partial charge in [-0.25, -0.2) is 9.50 Å². The van der Waals surface area contributed by atoms with Gasteiger partial charge in [0.15, 0.2) is 5.65 Å². The summed E-state index contributed by atoms with van der Waals surface area (Å²) in [5.74, 6) is 0.105. The summed E-state index contributed by atoms with van der Waals surface area (Å²) in [5.41, 5.74) is 1.07. The number of hydrogen-bond acceptors (Lipinski definition) is 3. The molecule has 2 aromatic rings. The summed E-state index contributed by atoms with van der Waals surface area (Å²) in [4.78, 5) is 16.6. The summed E-state index contributed by atoms with van der Waals surface area (Å²) < 4.78 is 2.54. The van der Waals surface area contributed by atoms with E-state index in [1.54, 1.807) is 10.7 Å². The normalized spacial score (nSPS) is 23.4. The molecule has 2 saturated carbocycles. The first kappa shape index (κ1) is 13.2. The first-order chi connectivity index (χ1) is 10.2. The Morgan fingerprint density at radius 2 is 2.14 bits per heavy atom. The highest BCUT2D eigenvalue weighted by molar-refractivity contribution is 9.10. The molecule has 2 aliphatic rings. The zero-order valence-corrected chi connectivity index (χ0v) is 13.3. The van der Waals surface area contributed by atoms with E-state index in [1.165, 1.54) is 32.1 Å². The topological polar surface area (TPSA) is 59.3 Å². The first-order valence-corrected chi connectivity index (χ1v) is 8.28. The number of amides is 1. The van der Waals surface area contributed by atoms with Crippen LogP contribution in [0.25, 0.3) is 5.65 Å². The second-order valence-electron chi connectivity index (χ2n) is 6.24. The first-order valence-electron chi connectivity index (χ1n) is 7.49. The summed E-state index contributed by atoms with van der Waals surface area (Å²) >= 11 is 3.39. The van der Waals surface area contributed by atoms with Crippen LogP contribution in [0, 0.1) is 5.41 Å². The molecular weight excluding hydrogens is 332 g/mol. The fourth-order valence-corrected chi connectivity index (χ4v) is 3.86. The van der Waals surface area contributed by atoms with Crippen molar-refractivity contribution in [1.82, 2.24) is 19.9 Å². The smallest absolute Gasteiger partial charge is 0.291 e. The Bertz CT molecular complexity index is 705.